The molecule has 2 aromatic carbocycles. The highest BCUT2D eigenvalue weighted by molar-refractivity contribution is 7.27. The van der Waals surface area contributed by atoms with Gasteiger partial charge in [0.25, 0.3) is 0 Å². The standard InChI is InChI=1S/C30H29NS3/c1-16(2)13-21-17(3)33-29-20(21)7-8-23-26(29)25-24(34-23)9-11-31-27(25)19-14-18-10-12-32-28(18)22(15-19)30(4,5)6/h7-12,14-16H,13H2,1-6H3. The number of nitrogens with zero attached hydrogens (tertiary/aromatic N) is 1. The summed E-state index contributed by atoms with van der Waals surface area (Å²) in [6.45, 7) is 13.9. The zero-order chi connectivity index (χ0) is 23.8. The largest absolute Gasteiger partial charge is 0.256 e. The van der Waals surface area contributed by atoms with Crippen molar-refractivity contribution in [2.24, 2.45) is 5.92 Å². The van der Waals surface area contributed by atoms with Gasteiger partial charge in [-0.25, -0.2) is 0 Å². The van der Waals surface area contributed by atoms with E-state index in [1.165, 1.54) is 61.9 Å². The minimum atomic E-state index is 0.0770. The molecule has 0 amide bonds. The van der Waals surface area contributed by atoms with Gasteiger partial charge < -0.3 is 0 Å². The predicted octanol–water partition coefficient (Wildman–Crippen LogP) is 10.4. The van der Waals surface area contributed by atoms with Crippen molar-refractivity contribution in [2.45, 2.75) is 53.4 Å². The van der Waals surface area contributed by atoms with Crippen molar-refractivity contribution >= 4 is 74.4 Å². The average molecular weight is 500 g/mol. The van der Waals surface area contributed by atoms with Crippen LogP contribution in [0.3, 0.4) is 0 Å². The summed E-state index contributed by atoms with van der Waals surface area (Å²) in [6.07, 6.45) is 3.12. The first-order chi connectivity index (χ1) is 16.2. The van der Waals surface area contributed by atoms with Crippen LogP contribution in [-0.2, 0) is 11.8 Å². The lowest BCUT2D eigenvalue weighted by Gasteiger charge is -2.21. The summed E-state index contributed by atoms with van der Waals surface area (Å²) in [5.74, 6) is 0.650. The minimum Gasteiger partial charge on any atom is -0.256 e. The van der Waals surface area contributed by atoms with E-state index in [0.29, 0.717) is 5.92 Å². The zero-order valence-electron chi connectivity index (χ0n) is 20.6. The Morgan fingerprint density at radius 1 is 0.912 bits per heavy atom. The van der Waals surface area contributed by atoms with Crippen LogP contribution in [-0.4, -0.2) is 4.98 Å². The number of hydrogen-bond acceptors (Lipinski definition) is 4. The third kappa shape index (κ3) is 3.42. The number of fused-ring (bicyclic) bond motifs is 6. The molecule has 6 aromatic rings. The molecule has 34 heavy (non-hydrogen) atoms. The molecule has 0 unspecified atom stereocenters. The average Bonchev–Trinajstić information content (AvgIpc) is 3.47. The van der Waals surface area contributed by atoms with Crippen molar-refractivity contribution in [1.82, 2.24) is 4.98 Å². The monoisotopic (exact) mass is 499 g/mol. The van der Waals surface area contributed by atoms with E-state index < -0.39 is 0 Å². The Labute approximate surface area is 213 Å². The molecule has 0 spiro atoms. The molecule has 4 heterocycles. The topological polar surface area (TPSA) is 12.9 Å². The van der Waals surface area contributed by atoms with Gasteiger partial charge in [-0.3, -0.25) is 4.98 Å². The number of aryl methyl sites for hydroxylation is 1. The molecule has 0 saturated heterocycles. The van der Waals surface area contributed by atoms with Crippen LogP contribution in [0.1, 0.15) is 50.6 Å². The first kappa shape index (κ1) is 22.2. The number of benzene rings is 2. The molecular weight excluding hydrogens is 471 g/mol. The fourth-order valence-electron chi connectivity index (χ4n) is 5.18. The van der Waals surface area contributed by atoms with Crippen LogP contribution in [0.15, 0.2) is 48.0 Å². The second-order valence-corrected chi connectivity index (χ2v) is 14.0. The van der Waals surface area contributed by atoms with Gasteiger partial charge in [-0.2, -0.15) is 0 Å². The van der Waals surface area contributed by atoms with Crippen LogP contribution >= 0.6 is 34.0 Å². The maximum Gasteiger partial charge on any atom is 0.0795 e. The van der Waals surface area contributed by atoms with Gasteiger partial charge in [-0.05, 0) is 82.3 Å². The van der Waals surface area contributed by atoms with Crippen LogP contribution < -0.4 is 0 Å². The third-order valence-electron chi connectivity index (χ3n) is 6.75. The van der Waals surface area contributed by atoms with Gasteiger partial charge in [0.05, 0.1) is 5.69 Å². The molecule has 0 atom stereocenters. The Morgan fingerprint density at radius 3 is 2.47 bits per heavy atom. The number of thiophene rings is 3. The summed E-state index contributed by atoms with van der Waals surface area (Å²) in [5, 5.41) is 7.68. The van der Waals surface area contributed by atoms with E-state index in [1.54, 1.807) is 0 Å². The molecule has 6 rings (SSSR count). The molecule has 4 aromatic heterocycles. The van der Waals surface area contributed by atoms with E-state index in [2.05, 4.69) is 83.3 Å². The summed E-state index contributed by atoms with van der Waals surface area (Å²) in [4.78, 5) is 6.47. The van der Waals surface area contributed by atoms with E-state index in [9.17, 15) is 0 Å². The van der Waals surface area contributed by atoms with Gasteiger partial charge in [0.2, 0.25) is 0 Å². The van der Waals surface area contributed by atoms with Crippen LogP contribution in [0.2, 0.25) is 0 Å². The lowest BCUT2D eigenvalue weighted by Crippen LogP contribution is -2.11. The Kier molecular flexibility index (Phi) is 5.14. The van der Waals surface area contributed by atoms with Crippen LogP contribution in [0.4, 0.5) is 0 Å². The Bertz CT molecular complexity index is 1700. The smallest absolute Gasteiger partial charge is 0.0795 e. The summed E-state index contributed by atoms with van der Waals surface area (Å²) in [5.41, 5.74) is 5.36. The van der Waals surface area contributed by atoms with E-state index in [0.717, 1.165) is 12.1 Å². The zero-order valence-corrected chi connectivity index (χ0v) is 23.0. The third-order valence-corrected chi connectivity index (χ3v) is 10.0. The van der Waals surface area contributed by atoms with Crippen molar-refractivity contribution < 1.29 is 0 Å². The second-order valence-electron chi connectivity index (χ2n) is 10.8. The van der Waals surface area contributed by atoms with Crippen LogP contribution in [0.25, 0.3) is 51.6 Å². The molecule has 1 nitrogen and oxygen atoms in total. The summed E-state index contributed by atoms with van der Waals surface area (Å²) in [6, 6.07) is 13.9. The molecule has 0 bridgehead atoms. The summed E-state index contributed by atoms with van der Waals surface area (Å²) < 4.78 is 5.51. The molecule has 0 N–H and O–H groups in total. The number of pyridine rings is 1. The minimum absolute atomic E-state index is 0.0770. The molecule has 0 aliphatic rings. The molecular formula is C30H29NS3. The Balaban J connectivity index is 1.71. The van der Waals surface area contributed by atoms with Gasteiger partial charge in [0.1, 0.15) is 0 Å². The highest BCUT2D eigenvalue weighted by Gasteiger charge is 2.22. The van der Waals surface area contributed by atoms with Crippen molar-refractivity contribution in [1.29, 1.82) is 0 Å². The Hall–Kier alpha value is -2.27. The fourth-order valence-corrected chi connectivity index (χ4v) is 8.70. The molecule has 4 heteroatoms. The lowest BCUT2D eigenvalue weighted by molar-refractivity contribution is 0.597. The van der Waals surface area contributed by atoms with Gasteiger partial charge in [0, 0.05) is 46.2 Å². The molecule has 0 fully saturated rings. The fraction of sp³-hybridized carbons (Fsp3) is 0.300. The van der Waals surface area contributed by atoms with Gasteiger partial charge >= 0.3 is 0 Å². The van der Waals surface area contributed by atoms with E-state index >= 15 is 0 Å². The maximum atomic E-state index is 5.01. The Morgan fingerprint density at radius 2 is 1.71 bits per heavy atom. The van der Waals surface area contributed by atoms with Crippen LogP contribution in [0, 0.1) is 12.8 Å². The van der Waals surface area contributed by atoms with E-state index in [-0.39, 0.29) is 5.41 Å². The SMILES string of the molecule is Cc1sc2c(ccc3sc4ccnc(-c5cc(C(C)(C)C)c6sccc6c5)c4c32)c1CC(C)C. The van der Waals surface area contributed by atoms with Crippen molar-refractivity contribution in [3.8, 4) is 11.3 Å². The van der Waals surface area contributed by atoms with Crippen molar-refractivity contribution in [3.05, 3.63) is 64.0 Å². The quantitative estimate of drug-likeness (QED) is 0.236. The predicted molar refractivity (Wildman–Crippen MR) is 155 cm³/mol. The van der Waals surface area contributed by atoms with Gasteiger partial charge in [0.15, 0.2) is 0 Å². The lowest BCUT2D eigenvalue weighted by atomic mass is 9.84. The number of aromatic nitrogens is 1. The van der Waals surface area contributed by atoms with E-state index in [1.807, 2.05) is 40.2 Å². The summed E-state index contributed by atoms with van der Waals surface area (Å²) >= 11 is 5.71. The normalized spacial score (nSPS) is 12.8. The molecule has 0 radical (unpaired) electrons. The van der Waals surface area contributed by atoms with E-state index in [4.69, 9.17) is 4.98 Å². The van der Waals surface area contributed by atoms with Gasteiger partial charge in [-0.1, -0.05) is 40.7 Å². The summed E-state index contributed by atoms with van der Waals surface area (Å²) in [7, 11) is 0. The number of hydrogen-bond donors (Lipinski definition) is 0. The highest BCUT2D eigenvalue weighted by Crippen LogP contribution is 2.47. The second kappa shape index (κ2) is 7.87. The number of rotatable bonds is 3. The molecule has 0 saturated carbocycles. The highest BCUT2D eigenvalue weighted by atomic mass is 32.1. The first-order valence-corrected chi connectivity index (χ1v) is 14.5. The van der Waals surface area contributed by atoms with Crippen molar-refractivity contribution in [2.75, 3.05) is 0 Å². The van der Waals surface area contributed by atoms with Gasteiger partial charge in [-0.15, -0.1) is 34.0 Å². The maximum absolute atomic E-state index is 5.01. The van der Waals surface area contributed by atoms with Crippen molar-refractivity contribution in [3.63, 3.8) is 0 Å². The van der Waals surface area contributed by atoms with Crippen LogP contribution in [0.5, 0.6) is 0 Å². The molecule has 172 valence electrons. The molecule has 0 aliphatic carbocycles. The first-order valence-electron chi connectivity index (χ1n) is 12.0. The molecule has 0 aliphatic heterocycles.